The summed E-state index contributed by atoms with van der Waals surface area (Å²) in [5, 5.41) is 11.9. The number of hydrogen-bond donors (Lipinski definition) is 1. The zero-order chi connectivity index (χ0) is 16.2. The molecular formula is C19H18O4. The van der Waals surface area contributed by atoms with Gasteiger partial charge in [0, 0.05) is 5.39 Å². The number of ether oxygens (including phenoxy) is 3. The Morgan fingerprint density at radius 3 is 2.39 bits per heavy atom. The van der Waals surface area contributed by atoms with E-state index in [-0.39, 0.29) is 5.75 Å². The second kappa shape index (κ2) is 6.48. The molecular weight excluding hydrogens is 292 g/mol. The summed E-state index contributed by atoms with van der Waals surface area (Å²) in [5.74, 6) is 1.55. The van der Waals surface area contributed by atoms with Crippen LogP contribution in [0, 0.1) is 0 Å². The number of aromatic hydroxyl groups is 1. The minimum atomic E-state index is 0.0482. The fourth-order valence-corrected chi connectivity index (χ4v) is 2.49. The minimum Gasteiger partial charge on any atom is -0.504 e. The van der Waals surface area contributed by atoms with Crippen LogP contribution in [0.4, 0.5) is 0 Å². The third-order valence-corrected chi connectivity index (χ3v) is 3.68. The predicted molar refractivity (Wildman–Crippen MR) is 89.5 cm³/mol. The highest BCUT2D eigenvalue weighted by Crippen LogP contribution is 2.43. The monoisotopic (exact) mass is 310 g/mol. The fraction of sp³-hybridized carbons (Fsp3) is 0.158. The average Bonchev–Trinajstić information content (AvgIpc) is 2.60. The Balaban J connectivity index is 1.93. The number of phenols is 1. The molecule has 4 heteroatoms. The lowest BCUT2D eigenvalue weighted by Gasteiger charge is -2.13. The van der Waals surface area contributed by atoms with Crippen molar-refractivity contribution in [3.05, 3.63) is 60.2 Å². The van der Waals surface area contributed by atoms with E-state index in [0.29, 0.717) is 29.2 Å². The fourth-order valence-electron chi connectivity index (χ4n) is 2.49. The van der Waals surface area contributed by atoms with Crippen LogP contribution in [0.1, 0.15) is 5.56 Å². The van der Waals surface area contributed by atoms with Gasteiger partial charge in [0.15, 0.2) is 11.5 Å². The molecule has 1 N–H and O–H groups in total. The predicted octanol–water partition coefficient (Wildman–Crippen LogP) is 4.14. The highest BCUT2D eigenvalue weighted by atomic mass is 16.5. The summed E-state index contributed by atoms with van der Waals surface area (Å²) < 4.78 is 16.3. The summed E-state index contributed by atoms with van der Waals surface area (Å²) in [6.45, 7) is 0.473. The van der Waals surface area contributed by atoms with Gasteiger partial charge in [0.1, 0.15) is 12.4 Å². The molecule has 118 valence electrons. The normalized spacial score (nSPS) is 10.5. The van der Waals surface area contributed by atoms with Crippen molar-refractivity contribution in [1.29, 1.82) is 0 Å². The number of fused-ring (bicyclic) bond motifs is 1. The lowest BCUT2D eigenvalue weighted by Crippen LogP contribution is -1.95. The van der Waals surface area contributed by atoms with Crippen LogP contribution in [0.3, 0.4) is 0 Å². The first kappa shape index (κ1) is 15.0. The van der Waals surface area contributed by atoms with Crippen LogP contribution in [0.15, 0.2) is 54.6 Å². The minimum absolute atomic E-state index is 0.0482. The van der Waals surface area contributed by atoms with Crippen molar-refractivity contribution in [2.45, 2.75) is 6.61 Å². The van der Waals surface area contributed by atoms with E-state index in [2.05, 4.69) is 0 Å². The van der Waals surface area contributed by atoms with Gasteiger partial charge in [-0.1, -0.05) is 36.4 Å². The topological polar surface area (TPSA) is 47.9 Å². The number of rotatable bonds is 5. The molecule has 0 atom stereocenters. The summed E-state index contributed by atoms with van der Waals surface area (Å²) in [7, 11) is 3.04. The first-order valence-electron chi connectivity index (χ1n) is 7.27. The maximum atomic E-state index is 10.4. The van der Waals surface area contributed by atoms with Crippen LogP contribution >= 0.6 is 0 Å². The van der Waals surface area contributed by atoms with Crippen molar-refractivity contribution >= 4 is 10.8 Å². The molecule has 0 spiro atoms. The van der Waals surface area contributed by atoms with E-state index in [1.54, 1.807) is 13.2 Å². The zero-order valence-electron chi connectivity index (χ0n) is 13.1. The Kier molecular flexibility index (Phi) is 4.24. The number of benzene rings is 3. The van der Waals surface area contributed by atoms with Gasteiger partial charge in [-0.25, -0.2) is 0 Å². The third-order valence-electron chi connectivity index (χ3n) is 3.68. The van der Waals surface area contributed by atoms with E-state index < -0.39 is 0 Å². The van der Waals surface area contributed by atoms with Crippen LogP contribution in [0.5, 0.6) is 23.0 Å². The molecule has 0 heterocycles. The van der Waals surface area contributed by atoms with Crippen LogP contribution < -0.4 is 14.2 Å². The largest absolute Gasteiger partial charge is 0.504 e. The van der Waals surface area contributed by atoms with E-state index in [4.69, 9.17) is 14.2 Å². The average molecular weight is 310 g/mol. The highest BCUT2D eigenvalue weighted by molar-refractivity contribution is 5.93. The molecule has 23 heavy (non-hydrogen) atoms. The summed E-state index contributed by atoms with van der Waals surface area (Å²) in [6.07, 6.45) is 0. The molecule has 0 amide bonds. The Morgan fingerprint density at radius 1 is 0.913 bits per heavy atom. The van der Waals surface area contributed by atoms with E-state index in [0.717, 1.165) is 10.9 Å². The second-order valence-electron chi connectivity index (χ2n) is 5.12. The van der Waals surface area contributed by atoms with Gasteiger partial charge in [0.05, 0.1) is 14.2 Å². The van der Waals surface area contributed by atoms with Gasteiger partial charge in [-0.3, -0.25) is 0 Å². The smallest absolute Gasteiger partial charge is 0.203 e. The van der Waals surface area contributed by atoms with Gasteiger partial charge in [0.25, 0.3) is 0 Å². The quantitative estimate of drug-likeness (QED) is 0.769. The zero-order valence-corrected chi connectivity index (χ0v) is 13.1. The van der Waals surface area contributed by atoms with E-state index in [9.17, 15) is 5.11 Å². The van der Waals surface area contributed by atoms with Gasteiger partial charge in [0.2, 0.25) is 5.75 Å². The van der Waals surface area contributed by atoms with Crippen molar-refractivity contribution in [3.8, 4) is 23.0 Å². The Hall–Kier alpha value is -2.88. The Morgan fingerprint density at radius 2 is 1.70 bits per heavy atom. The molecule has 3 aromatic carbocycles. The van der Waals surface area contributed by atoms with Crippen molar-refractivity contribution in [2.75, 3.05) is 14.2 Å². The van der Waals surface area contributed by atoms with Crippen LogP contribution in [0.2, 0.25) is 0 Å². The van der Waals surface area contributed by atoms with E-state index in [1.165, 1.54) is 7.11 Å². The second-order valence-corrected chi connectivity index (χ2v) is 5.12. The maximum absolute atomic E-state index is 10.4. The Labute approximate surface area is 134 Å². The standard InChI is InChI=1S/C19H18O4/c1-21-17-10-14-8-9-15(11-16(14)18(20)19(17)22-2)23-12-13-6-4-3-5-7-13/h3-11,20H,12H2,1-2H3. The lowest BCUT2D eigenvalue weighted by atomic mass is 10.1. The molecule has 0 saturated heterocycles. The number of phenolic OH excluding ortho intramolecular Hbond substituents is 1. The highest BCUT2D eigenvalue weighted by Gasteiger charge is 2.14. The van der Waals surface area contributed by atoms with Gasteiger partial charge < -0.3 is 19.3 Å². The van der Waals surface area contributed by atoms with Crippen molar-refractivity contribution in [3.63, 3.8) is 0 Å². The van der Waals surface area contributed by atoms with Crippen molar-refractivity contribution < 1.29 is 19.3 Å². The Bertz CT molecular complexity index is 812. The first-order chi connectivity index (χ1) is 11.2. The van der Waals surface area contributed by atoms with Gasteiger partial charge >= 0.3 is 0 Å². The third kappa shape index (κ3) is 3.01. The number of hydrogen-bond acceptors (Lipinski definition) is 4. The molecule has 0 unspecified atom stereocenters. The molecule has 0 fully saturated rings. The van der Waals surface area contributed by atoms with Gasteiger partial charge in [-0.2, -0.15) is 0 Å². The molecule has 0 saturated carbocycles. The SMILES string of the molecule is COc1cc2ccc(OCc3ccccc3)cc2c(O)c1OC. The summed E-state index contributed by atoms with van der Waals surface area (Å²) in [6, 6.07) is 17.3. The molecule has 0 bridgehead atoms. The number of methoxy groups -OCH3 is 2. The van der Waals surface area contributed by atoms with Gasteiger partial charge in [-0.15, -0.1) is 0 Å². The summed E-state index contributed by atoms with van der Waals surface area (Å²) >= 11 is 0. The lowest BCUT2D eigenvalue weighted by molar-refractivity contribution is 0.306. The molecule has 4 nitrogen and oxygen atoms in total. The van der Waals surface area contributed by atoms with Gasteiger partial charge in [-0.05, 0) is 29.1 Å². The molecule has 3 rings (SSSR count). The van der Waals surface area contributed by atoms with Crippen molar-refractivity contribution in [2.24, 2.45) is 0 Å². The molecule has 0 aliphatic carbocycles. The maximum Gasteiger partial charge on any atom is 0.203 e. The summed E-state index contributed by atoms with van der Waals surface area (Å²) in [4.78, 5) is 0. The molecule has 0 radical (unpaired) electrons. The van der Waals surface area contributed by atoms with E-state index in [1.807, 2.05) is 48.5 Å². The molecule has 3 aromatic rings. The van der Waals surface area contributed by atoms with Crippen LogP contribution in [-0.4, -0.2) is 19.3 Å². The van der Waals surface area contributed by atoms with Crippen LogP contribution in [-0.2, 0) is 6.61 Å². The van der Waals surface area contributed by atoms with Crippen molar-refractivity contribution in [1.82, 2.24) is 0 Å². The molecule has 0 aliphatic rings. The summed E-state index contributed by atoms with van der Waals surface area (Å²) in [5.41, 5.74) is 1.09. The van der Waals surface area contributed by atoms with Crippen LogP contribution in [0.25, 0.3) is 10.8 Å². The molecule has 0 aromatic heterocycles. The first-order valence-corrected chi connectivity index (χ1v) is 7.27. The molecule has 0 aliphatic heterocycles. The van der Waals surface area contributed by atoms with E-state index >= 15 is 0 Å².